The highest BCUT2D eigenvalue weighted by atomic mass is 16.5. The van der Waals surface area contributed by atoms with Crippen LogP contribution in [-0.4, -0.2) is 41.6 Å². The van der Waals surface area contributed by atoms with Crippen LogP contribution in [0.5, 0.6) is 0 Å². The zero-order valence-electron chi connectivity index (χ0n) is 11.0. The van der Waals surface area contributed by atoms with Crippen molar-refractivity contribution in [3.8, 4) is 0 Å². The van der Waals surface area contributed by atoms with Gasteiger partial charge in [-0.2, -0.15) is 4.98 Å². The molecular weight excluding hydrogens is 218 g/mol. The number of hydrogen-bond acceptors (Lipinski definition) is 4. The Labute approximate surface area is 102 Å². The van der Waals surface area contributed by atoms with Gasteiger partial charge in [-0.05, 0) is 6.42 Å². The van der Waals surface area contributed by atoms with Crippen LogP contribution in [0.1, 0.15) is 31.5 Å². The van der Waals surface area contributed by atoms with Crippen LogP contribution in [0.15, 0.2) is 9.52 Å². The SMILES string of the molecule is CCCCN(C)C(=NC)NCc1noc(C)n1. The number of unbranched alkanes of at least 4 members (excludes halogenated alkanes) is 1. The van der Waals surface area contributed by atoms with E-state index in [0.29, 0.717) is 18.3 Å². The maximum absolute atomic E-state index is 4.90. The van der Waals surface area contributed by atoms with E-state index in [0.717, 1.165) is 18.9 Å². The lowest BCUT2D eigenvalue weighted by Gasteiger charge is -2.21. The van der Waals surface area contributed by atoms with Gasteiger partial charge in [0, 0.05) is 27.6 Å². The molecule has 0 bridgehead atoms. The summed E-state index contributed by atoms with van der Waals surface area (Å²) in [5.41, 5.74) is 0. The lowest BCUT2D eigenvalue weighted by atomic mass is 10.3. The normalized spacial score (nSPS) is 11.6. The highest BCUT2D eigenvalue weighted by Gasteiger charge is 2.07. The first-order chi connectivity index (χ1) is 8.17. The Bertz CT molecular complexity index is 360. The fraction of sp³-hybridized carbons (Fsp3) is 0.727. The predicted molar refractivity (Wildman–Crippen MR) is 66.8 cm³/mol. The lowest BCUT2D eigenvalue weighted by Crippen LogP contribution is -2.39. The molecule has 96 valence electrons. The van der Waals surface area contributed by atoms with E-state index in [4.69, 9.17) is 4.52 Å². The molecule has 0 spiro atoms. The molecule has 1 aromatic rings. The molecule has 6 nitrogen and oxygen atoms in total. The van der Waals surface area contributed by atoms with E-state index in [9.17, 15) is 0 Å². The summed E-state index contributed by atoms with van der Waals surface area (Å²) >= 11 is 0. The molecule has 0 atom stereocenters. The largest absolute Gasteiger partial charge is 0.349 e. The van der Waals surface area contributed by atoms with Crippen LogP contribution in [0.2, 0.25) is 0 Å². The van der Waals surface area contributed by atoms with E-state index in [1.165, 1.54) is 6.42 Å². The molecule has 0 fully saturated rings. The van der Waals surface area contributed by atoms with Gasteiger partial charge in [-0.3, -0.25) is 4.99 Å². The minimum absolute atomic E-state index is 0.528. The van der Waals surface area contributed by atoms with Gasteiger partial charge in [0.05, 0.1) is 6.54 Å². The van der Waals surface area contributed by atoms with Crippen LogP contribution in [0.4, 0.5) is 0 Å². The monoisotopic (exact) mass is 239 g/mol. The molecule has 0 aliphatic rings. The molecule has 1 aromatic heterocycles. The first-order valence-electron chi connectivity index (χ1n) is 5.88. The van der Waals surface area contributed by atoms with Crippen molar-refractivity contribution < 1.29 is 4.52 Å². The van der Waals surface area contributed by atoms with E-state index >= 15 is 0 Å². The van der Waals surface area contributed by atoms with Gasteiger partial charge in [0.25, 0.3) is 0 Å². The van der Waals surface area contributed by atoms with Gasteiger partial charge < -0.3 is 14.7 Å². The number of guanidine groups is 1. The van der Waals surface area contributed by atoms with Crippen molar-refractivity contribution in [2.75, 3.05) is 20.6 Å². The average Bonchev–Trinajstić information content (AvgIpc) is 2.73. The molecular formula is C11H21N5O. The van der Waals surface area contributed by atoms with Crippen LogP contribution < -0.4 is 5.32 Å². The average molecular weight is 239 g/mol. The Morgan fingerprint density at radius 1 is 1.53 bits per heavy atom. The molecule has 17 heavy (non-hydrogen) atoms. The fourth-order valence-corrected chi connectivity index (χ4v) is 1.46. The second-order valence-electron chi connectivity index (χ2n) is 3.91. The zero-order chi connectivity index (χ0) is 12.7. The Hall–Kier alpha value is -1.59. The second kappa shape index (κ2) is 6.88. The molecule has 0 saturated heterocycles. The summed E-state index contributed by atoms with van der Waals surface area (Å²) in [7, 11) is 3.79. The Balaban J connectivity index is 2.42. The standard InChI is InChI=1S/C11H21N5O/c1-5-6-7-16(4)11(12-3)13-8-10-14-9(2)17-15-10/h5-8H2,1-4H3,(H,12,13). The highest BCUT2D eigenvalue weighted by Crippen LogP contribution is 1.96. The van der Waals surface area contributed by atoms with Crippen molar-refractivity contribution in [2.45, 2.75) is 33.2 Å². The van der Waals surface area contributed by atoms with Crippen LogP contribution >= 0.6 is 0 Å². The molecule has 6 heteroatoms. The number of nitrogens with zero attached hydrogens (tertiary/aromatic N) is 4. The third-order valence-electron chi connectivity index (χ3n) is 2.39. The van der Waals surface area contributed by atoms with E-state index < -0.39 is 0 Å². The number of aromatic nitrogens is 2. The minimum atomic E-state index is 0.528. The maximum Gasteiger partial charge on any atom is 0.223 e. The third kappa shape index (κ3) is 4.42. The van der Waals surface area contributed by atoms with Crippen LogP contribution in [-0.2, 0) is 6.54 Å². The highest BCUT2D eigenvalue weighted by molar-refractivity contribution is 5.79. The van der Waals surface area contributed by atoms with Gasteiger partial charge in [0.15, 0.2) is 11.8 Å². The van der Waals surface area contributed by atoms with E-state index in [-0.39, 0.29) is 0 Å². The molecule has 0 aliphatic heterocycles. The van der Waals surface area contributed by atoms with Crippen LogP contribution in [0.25, 0.3) is 0 Å². The Morgan fingerprint density at radius 2 is 2.29 bits per heavy atom. The van der Waals surface area contributed by atoms with Crippen molar-refractivity contribution in [2.24, 2.45) is 4.99 Å². The number of nitrogens with one attached hydrogen (secondary N) is 1. The van der Waals surface area contributed by atoms with Gasteiger partial charge >= 0.3 is 0 Å². The summed E-state index contributed by atoms with van der Waals surface area (Å²) in [6.45, 7) is 5.47. The van der Waals surface area contributed by atoms with Gasteiger partial charge in [-0.15, -0.1) is 0 Å². The van der Waals surface area contributed by atoms with Crippen LogP contribution in [0, 0.1) is 6.92 Å². The summed E-state index contributed by atoms with van der Waals surface area (Å²) in [5, 5.41) is 7.02. The fourth-order valence-electron chi connectivity index (χ4n) is 1.46. The van der Waals surface area contributed by atoms with Gasteiger partial charge in [0.2, 0.25) is 5.89 Å². The van der Waals surface area contributed by atoms with Crippen LogP contribution in [0.3, 0.4) is 0 Å². The van der Waals surface area contributed by atoms with Crippen molar-refractivity contribution in [1.82, 2.24) is 20.4 Å². The number of aryl methyl sites for hydroxylation is 1. The van der Waals surface area contributed by atoms with Gasteiger partial charge in [-0.1, -0.05) is 18.5 Å². The molecule has 0 amide bonds. The molecule has 0 unspecified atom stereocenters. The minimum Gasteiger partial charge on any atom is -0.349 e. The molecule has 1 rings (SSSR count). The quantitative estimate of drug-likeness (QED) is 0.617. The maximum atomic E-state index is 4.90. The van der Waals surface area contributed by atoms with E-state index in [1.807, 2.05) is 7.05 Å². The Kier molecular flexibility index (Phi) is 5.45. The summed E-state index contributed by atoms with van der Waals surface area (Å²) < 4.78 is 4.90. The summed E-state index contributed by atoms with van der Waals surface area (Å²) in [6.07, 6.45) is 2.32. The molecule has 1 N–H and O–H groups in total. The molecule has 0 aromatic carbocycles. The molecule has 0 radical (unpaired) electrons. The number of rotatable bonds is 5. The van der Waals surface area contributed by atoms with Crippen molar-refractivity contribution in [3.05, 3.63) is 11.7 Å². The summed E-state index contributed by atoms with van der Waals surface area (Å²) in [6, 6.07) is 0. The summed E-state index contributed by atoms with van der Waals surface area (Å²) in [5.74, 6) is 2.07. The first-order valence-corrected chi connectivity index (χ1v) is 5.88. The molecule has 0 saturated carbocycles. The van der Waals surface area contributed by atoms with Gasteiger partial charge in [0.1, 0.15) is 0 Å². The van der Waals surface area contributed by atoms with Crippen molar-refractivity contribution in [3.63, 3.8) is 0 Å². The molecule has 1 heterocycles. The summed E-state index contributed by atoms with van der Waals surface area (Å²) in [4.78, 5) is 10.4. The zero-order valence-corrected chi connectivity index (χ0v) is 11.0. The molecule has 0 aliphatic carbocycles. The predicted octanol–water partition coefficient (Wildman–Crippen LogP) is 1.19. The first kappa shape index (κ1) is 13.5. The third-order valence-corrected chi connectivity index (χ3v) is 2.39. The van der Waals surface area contributed by atoms with Crippen molar-refractivity contribution >= 4 is 5.96 Å². The van der Waals surface area contributed by atoms with Gasteiger partial charge in [-0.25, -0.2) is 0 Å². The number of aliphatic imine (C=N–C) groups is 1. The van der Waals surface area contributed by atoms with E-state index in [2.05, 4.69) is 32.3 Å². The number of hydrogen-bond donors (Lipinski definition) is 1. The lowest BCUT2D eigenvalue weighted by molar-refractivity contribution is 0.386. The smallest absolute Gasteiger partial charge is 0.223 e. The topological polar surface area (TPSA) is 66.5 Å². The van der Waals surface area contributed by atoms with Crippen molar-refractivity contribution in [1.29, 1.82) is 0 Å². The second-order valence-corrected chi connectivity index (χ2v) is 3.91. The Morgan fingerprint density at radius 3 is 2.82 bits per heavy atom. The van der Waals surface area contributed by atoms with E-state index in [1.54, 1.807) is 14.0 Å².